The minimum Gasteiger partial charge on any atom is -0.326 e. The zero-order valence-electron chi connectivity index (χ0n) is 17.5. The van der Waals surface area contributed by atoms with Crippen LogP contribution in [0.1, 0.15) is 25.3 Å². The molecule has 0 radical (unpaired) electrons. The fraction of sp³-hybridized carbons (Fsp3) is 0.364. The number of hydrogen-bond acceptors (Lipinski definition) is 4. The Morgan fingerprint density at radius 2 is 1.75 bits per heavy atom. The van der Waals surface area contributed by atoms with Crippen molar-refractivity contribution in [2.45, 2.75) is 31.1 Å². The predicted molar refractivity (Wildman–Crippen MR) is 122 cm³/mol. The van der Waals surface area contributed by atoms with Gasteiger partial charge < -0.3 is 10.2 Å². The molecule has 10 heteroatoms. The predicted octanol–water partition coefficient (Wildman–Crippen LogP) is 3.54. The van der Waals surface area contributed by atoms with Gasteiger partial charge in [0.2, 0.25) is 21.8 Å². The Labute approximate surface area is 194 Å². The monoisotopic (exact) mass is 523 g/mol. The summed E-state index contributed by atoms with van der Waals surface area (Å²) in [6.45, 7) is 2.28. The third-order valence-corrected chi connectivity index (χ3v) is 8.30. The first-order valence-corrected chi connectivity index (χ1v) is 12.6. The average molecular weight is 524 g/mol. The second kappa shape index (κ2) is 8.92. The first kappa shape index (κ1) is 22.9. The number of carbonyl (C=O) groups is 2. The zero-order chi connectivity index (χ0) is 23.0. The van der Waals surface area contributed by atoms with Gasteiger partial charge in [0.1, 0.15) is 10.7 Å². The lowest BCUT2D eigenvalue weighted by atomic mass is 9.97. The van der Waals surface area contributed by atoms with E-state index in [9.17, 15) is 22.4 Å². The fourth-order valence-electron chi connectivity index (χ4n) is 4.26. The highest BCUT2D eigenvalue weighted by atomic mass is 79.9. The lowest BCUT2D eigenvalue weighted by Gasteiger charge is -2.31. The smallest absolute Gasteiger partial charge is 0.245 e. The molecule has 7 nitrogen and oxygen atoms in total. The van der Waals surface area contributed by atoms with Crippen LogP contribution < -0.4 is 10.2 Å². The van der Waals surface area contributed by atoms with E-state index in [0.717, 1.165) is 5.56 Å². The van der Waals surface area contributed by atoms with E-state index in [1.165, 1.54) is 40.4 Å². The van der Waals surface area contributed by atoms with Crippen molar-refractivity contribution >= 4 is 49.1 Å². The first-order valence-electron chi connectivity index (χ1n) is 10.3. The Hall–Kier alpha value is -2.30. The minimum absolute atomic E-state index is 0.115. The zero-order valence-corrected chi connectivity index (χ0v) is 19.9. The Kier molecular flexibility index (Phi) is 6.37. The van der Waals surface area contributed by atoms with Gasteiger partial charge in [0.15, 0.2) is 0 Å². The van der Waals surface area contributed by atoms with Crippen LogP contribution in [-0.4, -0.2) is 44.2 Å². The van der Waals surface area contributed by atoms with Crippen molar-refractivity contribution in [2.24, 2.45) is 5.92 Å². The molecule has 0 spiro atoms. The van der Waals surface area contributed by atoms with Gasteiger partial charge in [-0.3, -0.25) is 9.59 Å². The van der Waals surface area contributed by atoms with Crippen molar-refractivity contribution in [1.82, 2.24) is 4.31 Å². The maximum absolute atomic E-state index is 13.5. The summed E-state index contributed by atoms with van der Waals surface area (Å²) in [7, 11) is -3.85. The number of anilines is 2. The first-order chi connectivity index (χ1) is 15.2. The van der Waals surface area contributed by atoms with Crippen LogP contribution in [0.5, 0.6) is 0 Å². The number of hydrogen-bond donors (Lipinski definition) is 1. The van der Waals surface area contributed by atoms with E-state index < -0.39 is 10.0 Å². The maximum atomic E-state index is 13.5. The number of piperidine rings is 1. The van der Waals surface area contributed by atoms with Crippen LogP contribution in [0.25, 0.3) is 0 Å². The van der Waals surface area contributed by atoms with E-state index in [2.05, 4.69) is 21.2 Å². The molecule has 1 N–H and O–H groups in total. The van der Waals surface area contributed by atoms with E-state index >= 15 is 0 Å². The van der Waals surface area contributed by atoms with Gasteiger partial charge >= 0.3 is 0 Å². The SMILES string of the molecule is CC(=O)N1CCc2cc(Br)cc(S(=O)(=O)N3CCC(C(=O)Nc4ccc(F)cc4)CC3)c21. The number of halogens is 2. The highest BCUT2D eigenvalue weighted by Gasteiger charge is 2.37. The number of nitrogens with zero attached hydrogens (tertiary/aromatic N) is 2. The van der Waals surface area contributed by atoms with Crippen LogP contribution in [0.2, 0.25) is 0 Å². The van der Waals surface area contributed by atoms with Crippen molar-refractivity contribution in [3.05, 3.63) is 52.3 Å². The molecule has 0 atom stereocenters. The second-order valence-corrected chi connectivity index (χ2v) is 10.8. The highest BCUT2D eigenvalue weighted by Crippen LogP contribution is 2.39. The molecule has 2 aromatic carbocycles. The van der Waals surface area contributed by atoms with Crippen molar-refractivity contribution in [3.8, 4) is 0 Å². The van der Waals surface area contributed by atoms with E-state index in [1.54, 1.807) is 6.07 Å². The molecule has 0 bridgehead atoms. The quantitative estimate of drug-likeness (QED) is 0.663. The molecular weight excluding hydrogens is 501 g/mol. The third kappa shape index (κ3) is 4.44. The van der Waals surface area contributed by atoms with E-state index in [4.69, 9.17) is 0 Å². The molecule has 0 aromatic heterocycles. The summed E-state index contributed by atoms with van der Waals surface area (Å²) in [4.78, 5) is 26.3. The molecule has 1 fully saturated rings. The number of carbonyl (C=O) groups excluding carboxylic acids is 2. The molecule has 2 amide bonds. The van der Waals surface area contributed by atoms with Gasteiger partial charge in [-0.2, -0.15) is 4.31 Å². The van der Waals surface area contributed by atoms with Crippen molar-refractivity contribution < 1.29 is 22.4 Å². The van der Waals surface area contributed by atoms with Gasteiger partial charge in [0, 0.05) is 42.6 Å². The molecular formula is C22H23BrFN3O4S. The van der Waals surface area contributed by atoms with E-state index in [-0.39, 0.29) is 41.5 Å². The number of fused-ring (bicyclic) bond motifs is 1. The highest BCUT2D eigenvalue weighted by molar-refractivity contribution is 9.10. The fourth-order valence-corrected chi connectivity index (χ4v) is 6.64. The number of sulfonamides is 1. The van der Waals surface area contributed by atoms with E-state index in [0.29, 0.717) is 41.7 Å². The molecule has 2 aliphatic heterocycles. The van der Waals surface area contributed by atoms with Gasteiger partial charge in [0.25, 0.3) is 0 Å². The van der Waals surface area contributed by atoms with E-state index in [1.807, 2.05) is 6.07 Å². The van der Waals surface area contributed by atoms with Crippen LogP contribution >= 0.6 is 15.9 Å². The third-order valence-electron chi connectivity index (χ3n) is 5.93. The molecule has 170 valence electrons. The number of rotatable bonds is 4. The largest absolute Gasteiger partial charge is 0.326 e. The normalized spacial score (nSPS) is 17.3. The molecule has 1 saturated heterocycles. The topological polar surface area (TPSA) is 86.8 Å². The summed E-state index contributed by atoms with van der Waals surface area (Å²) in [5, 5.41) is 2.76. The summed E-state index contributed by atoms with van der Waals surface area (Å²) in [6, 6.07) is 8.91. The van der Waals surface area contributed by atoms with Crippen LogP contribution in [0.3, 0.4) is 0 Å². The minimum atomic E-state index is -3.85. The number of amides is 2. The van der Waals surface area contributed by atoms with Gasteiger partial charge in [-0.15, -0.1) is 0 Å². The van der Waals surface area contributed by atoms with Gasteiger partial charge in [-0.05, 0) is 61.2 Å². The molecule has 32 heavy (non-hydrogen) atoms. The summed E-state index contributed by atoms with van der Waals surface area (Å²) in [5.41, 5.74) is 1.78. The van der Waals surface area contributed by atoms with Gasteiger partial charge in [-0.25, -0.2) is 12.8 Å². The van der Waals surface area contributed by atoms with Crippen molar-refractivity contribution in [3.63, 3.8) is 0 Å². The standard InChI is InChI=1S/C22H23BrFN3O4S/c1-14(28)27-11-8-16-12-17(23)13-20(21(16)27)32(30,31)26-9-6-15(7-10-26)22(29)25-19-4-2-18(24)3-5-19/h2-5,12-13,15H,6-11H2,1H3,(H,25,29). The van der Waals surface area contributed by atoms with Gasteiger partial charge in [-0.1, -0.05) is 15.9 Å². The molecule has 0 saturated carbocycles. The lowest BCUT2D eigenvalue weighted by molar-refractivity contribution is -0.121. The van der Waals surface area contributed by atoms with Crippen LogP contribution in [0.15, 0.2) is 45.8 Å². The van der Waals surface area contributed by atoms with Crippen LogP contribution in [0.4, 0.5) is 15.8 Å². The molecule has 0 aliphatic carbocycles. The maximum Gasteiger partial charge on any atom is 0.245 e. The Balaban J connectivity index is 1.50. The second-order valence-electron chi connectivity index (χ2n) is 8.01. The summed E-state index contributed by atoms with van der Waals surface area (Å²) in [5.74, 6) is -1.13. The van der Waals surface area contributed by atoms with Crippen LogP contribution in [-0.2, 0) is 26.0 Å². The Morgan fingerprint density at radius 1 is 1.09 bits per heavy atom. The Bertz CT molecular complexity index is 1160. The van der Waals surface area contributed by atoms with Gasteiger partial charge in [0.05, 0.1) is 5.69 Å². The summed E-state index contributed by atoms with van der Waals surface area (Å²) in [6.07, 6.45) is 1.35. The molecule has 2 aromatic rings. The van der Waals surface area contributed by atoms with Crippen molar-refractivity contribution in [1.29, 1.82) is 0 Å². The molecule has 2 heterocycles. The number of benzene rings is 2. The number of nitrogens with one attached hydrogen (secondary N) is 1. The summed E-state index contributed by atoms with van der Waals surface area (Å²) >= 11 is 3.39. The molecule has 0 unspecified atom stereocenters. The molecule has 2 aliphatic rings. The molecule has 4 rings (SSSR count). The lowest BCUT2D eigenvalue weighted by Crippen LogP contribution is -2.42. The van der Waals surface area contributed by atoms with Crippen molar-refractivity contribution in [2.75, 3.05) is 29.9 Å². The average Bonchev–Trinajstić information content (AvgIpc) is 3.18. The van der Waals surface area contributed by atoms with Crippen LogP contribution in [0, 0.1) is 11.7 Å². The Morgan fingerprint density at radius 3 is 2.38 bits per heavy atom. The summed E-state index contributed by atoms with van der Waals surface area (Å²) < 4.78 is 42.1.